The van der Waals surface area contributed by atoms with E-state index in [1.165, 1.54) is 96.3 Å². The van der Waals surface area contributed by atoms with Gasteiger partial charge in [0.15, 0.2) is 0 Å². The van der Waals surface area contributed by atoms with E-state index >= 15 is 0 Å². The number of phosphoric acid groups is 1. The van der Waals surface area contributed by atoms with Gasteiger partial charge in [0, 0.05) is 13.0 Å². The van der Waals surface area contributed by atoms with Gasteiger partial charge in [0.1, 0.15) is 19.3 Å². The van der Waals surface area contributed by atoms with Crippen LogP contribution in [0.4, 0.5) is 0 Å². The summed E-state index contributed by atoms with van der Waals surface area (Å²) in [5.74, 6) is -0.348. The topological polar surface area (TPSA) is 94.1 Å². The van der Waals surface area contributed by atoms with Crippen LogP contribution in [0.25, 0.3) is 0 Å². The number of phosphoric ester groups is 1. The van der Waals surface area contributed by atoms with Gasteiger partial charge in [0.2, 0.25) is 0 Å². The largest absolute Gasteiger partial charge is 0.756 e. The minimum atomic E-state index is -4.53. The molecule has 0 spiro atoms. The Morgan fingerprint density at radius 1 is 0.564 bits per heavy atom. The van der Waals surface area contributed by atoms with Crippen molar-refractivity contribution >= 4 is 13.8 Å². The lowest BCUT2D eigenvalue weighted by molar-refractivity contribution is -0.870. The second-order valence-corrected chi connectivity index (χ2v) is 17.5. The van der Waals surface area contributed by atoms with Crippen LogP contribution in [0, 0.1) is 0 Å². The van der Waals surface area contributed by atoms with Crippen LogP contribution in [-0.2, 0) is 27.9 Å². The van der Waals surface area contributed by atoms with E-state index in [9.17, 15) is 14.3 Å². The third-order valence-corrected chi connectivity index (χ3v) is 10.3. The highest BCUT2D eigenvalue weighted by molar-refractivity contribution is 7.45. The fraction of sp³-hybridized carbons (Fsp3) is 0.804. The average Bonchev–Trinajstić information content (AvgIpc) is 3.13. The number of likely N-dealkylation sites (N-methyl/N-ethyl adjacent to an activating group) is 1. The van der Waals surface area contributed by atoms with E-state index in [1.807, 2.05) is 21.1 Å². The first-order chi connectivity index (χ1) is 26.6. The van der Waals surface area contributed by atoms with Gasteiger partial charge in [-0.15, -0.1) is 0 Å². The Kier molecular flexibility index (Phi) is 38.2. The van der Waals surface area contributed by atoms with Gasteiger partial charge >= 0.3 is 5.97 Å². The van der Waals surface area contributed by atoms with E-state index in [2.05, 4.69) is 62.5 Å². The lowest BCUT2D eigenvalue weighted by Crippen LogP contribution is -2.37. The summed E-state index contributed by atoms with van der Waals surface area (Å²) in [6.07, 6.45) is 46.9. The quantitative estimate of drug-likeness (QED) is 0.0200. The fourth-order valence-electron chi connectivity index (χ4n) is 5.84. The summed E-state index contributed by atoms with van der Waals surface area (Å²) in [4.78, 5) is 25.0. The summed E-state index contributed by atoms with van der Waals surface area (Å²) in [6, 6.07) is 0. The summed E-state index contributed by atoms with van der Waals surface area (Å²) in [5.41, 5.74) is 0. The molecule has 9 heteroatoms. The first-order valence-corrected chi connectivity index (χ1v) is 23.8. The van der Waals surface area contributed by atoms with Gasteiger partial charge in [-0.1, -0.05) is 146 Å². The molecule has 8 nitrogen and oxygen atoms in total. The van der Waals surface area contributed by atoms with Gasteiger partial charge in [0.25, 0.3) is 7.82 Å². The fourth-order valence-corrected chi connectivity index (χ4v) is 6.57. The van der Waals surface area contributed by atoms with Crippen LogP contribution >= 0.6 is 7.82 Å². The predicted molar refractivity (Wildman–Crippen MR) is 231 cm³/mol. The molecule has 0 aliphatic heterocycles. The Labute approximate surface area is 339 Å². The van der Waals surface area contributed by atoms with Crippen molar-refractivity contribution in [3.8, 4) is 0 Å². The lowest BCUT2D eigenvalue weighted by Gasteiger charge is -2.28. The van der Waals surface area contributed by atoms with Crippen LogP contribution in [0.2, 0.25) is 0 Å². The van der Waals surface area contributed by atoms with Crippen LogP contribution in [-0.4, -0.2) is 70.7 Å². The van der Waals surface area contributed by atoms with Gasteiger partial charge in [-0.05, 0) is 77.0 Å². The predicted octanol–water partition coefficient (Wildman–Crippen LogP) is 12.5. The van der Waals surface area contributed by atoms with Crippen molar-refractivity contribution in [1.82, 2.24) is 0 Å². The zero-order chi connectivity index (χ0) is 40.6. The number of carbonyl (C=O) groups excluding carboxylic acids is 1. The van der Waals surface area contributed by atoms with Crippen molar-refractivity contribution in [1.29, 1.82) is 0 Å². The molecule has 0 aliphatic carbocycles. The molecule has 0 saturated heterocycles. The summed E-state index contributed by atoms with van der Waals surface area (Å²) in [5, 5.41) is 0. The summed E-state index contributed by atoms with van der Waals surface area (Å²) >= 11 is 0. The summed E-state index contributed by atoms with van der Waals surface area (Å²) < 4.78 is 34.6. The molecule has 55 heavy (non-hydrogen) atoms. The lowest BCUT2D eigenvalue weighted by atomic mass is 10.1. The van der Waals surface area contributed by atoms with E-state index in [-0.39, 0.29) is 25.8 Å². The van der Waals surface area contributed by atoms with E-state index in [1.54, 1.807) is 0 Å². The van der Waals surface area contributed by atoms with Gasteiger partial charge in [-0.3, -0.25) is 9.36 Å². The van der Waals surface area contributed by atoms with Crippen molar-refractivity contribution < 1.29 is 37.3 Å². The second-order valence-electron chi connectivity index (χ2n) is 16.0. The van der Waals surface area contributed by atoms with Gasteiger partial charge in [-0.2, -0.15) is 0 Å². The molecule has 0 N–H and O–H groups in total. The smallest absolute Gasteiger partial charge is 0.306 e. The molecule has 0 radical (unpaired) electrons. The van der Waals surface area contributed by atoms with Crippen LogP contribution < -0.4 is 4.89 Å². The van der Waals surface area contributed by atoms with Gasteiger partial charge in [0.05, 0.1) is 34.4 Å². The molecule has 0 amide bonds. The molecule has 322 valence electrons. The third kappa shape index (κ3) is 43.4. The maximum atomic E-state index is 12.7. The molecular formula is C46H86NO7P. The Balaban J connectivity index is 4.24. The van der Waals surface area contributed by atoms with Crippen molar-refractivity contribution in [3.05, 3.63) is 48.6 Å². The molecule has 0 aromatic heterocycles. The van der Waals surface area contributed by atoms with Crippen molar-refractivity contribution in [3.63, 3.8) is 0 Å². The van der Waals surface area contributed by atoms with Gasteiger partial charge < -0.3 is 27.9 Å². The van der Waals surface area contributed by atoms with E-state index in [0.717, 1.165) is 64.2 Å². The van der Waals surface area contributed by atoms with Crippen molar-refractivity contribution in [2.45, 2.75) is 187 Å². The normalized spacial score (nSPS) is 14.2. The summed E-state index contributed by atoms with van der Waals surface area (Å²) in [7, 11) is 1.34. The maximum absolute atomic E-state index is 12.7. The number of quaternary nitrogens is 1. The minimum Gasteiger partial charge on any atom is -0.756 e. The molecule has 0 aromatic rings. The molecule has 2 unspecified atom stereocenters. The van der Waals surface area contributed by atoms with Crippen molar-refractivity contribution in [2.24, 2.45) is 0 Å². The maximum Gasteiger partial charge on any atom is 0.306 e. The Bertz CT molecular complexity index is 1020. The molecule has 0 aliphatic rings. The Hall–Kier alpha value is -1.54. The van der Waals surface area contributed by atoms with E-state index < -0.39 is 13.9 Å². The molecule has 2 atom stereocenters. The average molecular weight is 796 g/mol. The summed E-state index contributed by atoms with van der Waals surface area (Å²) in [6.45, 7) is 5.33. The highest BCUT2D eigenvalue weighted by atomic mass is 31.2. The standard InChI is InChI=1S/C46H86NO7P/c1-6-8-10-12-14-16-18-20-21-22-23-24-25-26-28-30-32-34-36-38-41-51-43-45(44-53-55(49,50)52-42-40-47(3,4)5)54-46(48)39-37-35-33-31-29-27-19-17-15-13-11-9-7-2/h14,16-17,19-21,23-24,45H,6-13,15,18,22,25-44H2,1-5H3/b16-14-,19-17-,21-20-,24-23-. The number of carbonyl (C=O) groups is 1. The molecule has 0 rings (SSSR count). The zero-order valence-electron chi connectivity index (χ0n) is 36.4. The van der Waals surface area contributed by atoms with Crippen molar-refractivity contribution in [2.75, 3.05) is 54.1 Å². The molecule has 0 bridgehead atoms. The highest BCUT2D eigenvalue weighted by Crippen LogP contribution is 2.38. The number of unbranched alkanes of at least 4 members (excludes halogenated alkanes) is 19. The molecule has 0 aromatic carbocycles. The number of nitrogens with zero attached hydrogens (tertiary/aromatic N) is 1. The Morgan fingerprint density at radius 3 is 1.55 bits per heavy atom. The zero-order valence-corrected chi connectivity index (χ0v) is 37.3. The molecule has 0 saturated carbocycles. The SMILES string of the molecule is CCCCC/C=C\C/C=C\C/C=C\CCCCCCCCCOCC(COP(=O)([O-])OCC[N+](C)(C)C)OC(=O)CCCCCCC/C=C\CCCCCC. The second kappa shape index (κ2) is 39.3. The molecule has 0 heterocycles. The van der Waals surface area contributed by atoms with Crippen LogP contribution in [0.15, 0.2) is 48.6 Å². The number of rotatable bonds is 41. The minimum absolute atomic E-state index is 0.0210. The highest BCUT2D eigenvalue weighted by Gasteiger charge is 2.20. The number of esters is 1. The van der Waals surface area contributed by atoms with Crippen LogP contribution in [0.3, 0.4) is 0 Å². The number of hydrogen-bond donors (Lipinski definition) is 0. The van der Waals surface area contributed by atoms with E-state index in [4.69, 9.17) is 18.5 Å². The third-order valence-electron chi connectivity index (χ3n) is 9.35. The number of hydrogen-bond acceptors (Lipinski definition) is 7. The van der Waals surface area contributed by atoms with Crippen LogP contribution in [0.5, 0.6) is 0 Å². The molecule has 0 fully saturated rings. The Morgan fingerprint density at radius 2 is 1.00 bits per heavy atom. The number of ether oxygens (including phenoxy) is 2. The van der Waals surface area contributed by atoms with Gasteiger partial charge in [-0.25, -0.2) is 0 Å². The van der Waals surface area contributed by atoms with E-state index in [0.29, 0.717) is 24.1 Å². The number of allylic oxidation sites excluding steroid dienone is 8. The first kappa shape index (κ1) is 53.5. The molecular weight excluding hydrogens is 709 g/mol. The van der Waals surface area contributed by atoms with Crippen LogP contribution in [0.1, 0.15) is 181 Å². The monoisotopic (exact) mass is 796 g/mol. The first-order valence-electron chi connectivity index (χ1n) is 22.4.